The third-order valence-corrected chi connectivity index (χ3v) is 5.39. The third kappa shape index (κ3) is 3.53. The van der Waals surface area contributed by atoms with Crippen molar-refractivity contribution in [2.75, 3.05) is 0 Å². The molecule has 0 bridgehead atoms. The van der Waals surface area contributed by atoms with Gasteiger partial charge in [-0.05, 0) is 43.3 Å². The lowest BCUT2D eigenvalue weighted by atomic mass is 10.1. The Morgan fingerprint density at radius 3 is 2.65 bits per heavy atom. The highest BCUT2D eigenvalue weighted by molar-refractivity contribution is 9.10. The molecule has 0 fully saturated rings. The van der Waals surface area contributed by atoms with Gasteiger partial charge in [0.2, 0.25) is 5.82 Å². The maximum absolute atomic E-state index is 14.5. The molecule has 0 saturated heterocycles. The van der Waals surface area contributed by atoms with Crippen LogP contribution in [0.15, 0.2) is 76.0 Å². The molecule has 2 aromatic carbocycles. The number of rotatable bonds is 4. The molecule has 0 radical (unpaired) electrons. The smallest absolute Gasteiger partial charge is 0.281 e. The number of hydrogen-bond donors (Lipinski definition) is 0. The molecule has 0 atom stereocenters. The molecule has 0 aliphatic carbocycles. The Labute approximate surface area is 184 Å². The van der Waals surface area contributed by atoms with E-state index < -0.39 is 5.82 Å². The highest BCUT2D eigenvalue weighted by Crippen LogP contribution is 2.34. The Morgan fingerprint density at radius 2 is 1.84 bits per heavy atom. The Bertz CT molecular complexity index is 1380. The second-order valence-electron chi connectivity index (χ2n) is 6.79. The summed E-state index contributed by atoms with van der Waals surface area (Å²) in [5.41, 5.74) is 3.71. The van der Waals surface area contributed by atoms with Crippen molar-refractivity contribution >= 4 is 15.9 Å². The summed E-state index contributed by atoms with van der Waals surface area (Å²) in [4.78, 5) is 8.59. The molecule has 9 heteroatoms. The molecule has 5 rings (SSSR count). The number of benzene rings is 2. The van der Waals surface area contributed by atoms with Gasteiger partial charge in [-0.25, -0.2) is 9.07 Å². The number of aromatic nitrogens is 6. The van der Waals surface area contributed by atoms with Gasteiger partial charge in [-0.15, -0.1) is 5.10 Å². The van der Waals surface area contributed by atoms with Crippen molar-refractivity contribution in [3.63, 3.8) is 0 Å². The maximum atomic E-state index is 14.5. The Morgan fingerprint density at radius 1 is 1.03 bits per heavy atom. The number of halogens is 2. The Balaban J connectivity index is 1.68. The van der Waals surface area contributed by atoms with E-state index in [1.165, 1.54) is 10.7 Å². The molecule has 0 aliphatic rings. The van der Waals surface area contributed by atoms with Gasteiger partial charge in [0, 0.05) is 28.0 Å². The fraction of sp³-hybridized carbons (Fsp3) is 0.0455. The SMILES string of the molecule is Cc1ccc(Br)c(-c2noc(-c3nnn(-c4ccccc4F)c3-c3ccncc3)n2)c1. The van der Waals surface area contributed by atoms with E-state index in [-0.39, 0.29) is 11.6 Å². The van der Waals surface area contributed by atoms with Gasteiger partial charge >= 0.3 is 0 Å². The predicted molar refractivity (Wildman–Crippen MR) is 116 cm³/mol. The van der Waals surface area contributed by atoms with E-state index in [2.05, 4.69) is 41.4 Å². The first-order valence-corrected chi connectivity index (χ1v) is 10.1. The maximum Gasteiger partial charge on any atom is 0.281 e. The molecule has 0 unspecified atom stereocenters. The van der Waals surface area contributed by atoms with Crippen LogP contribution in [-0.4, -0.2) is 30.1 Å². The molecule has 0 amide bonds. The summed E-state index contributed by atoms with van der Waals surface area (Å²) in [5, 5.41) is 12.5. The minimum absolute atomic E-state index is 0.179. The molecule has 0 saturated carbocycles. The summed E-state index contributed by atoms with van der Waals surface area (Å²) in [6.45, 7) is 1.98. The quantitative estimate of drug-likeness (QED) is 0.352. The molecule has 0 aliphatic heterocycles. The van der Waals surface area contributed by atoms with Crippen LogP contribution in [0, 0.1) is 12.7 Å². The molecule has 0 spiro atoms. The van der Waals surface area contributed by atoms with Gasteiger partial charge in [-0.2, -0.15) is 4.98 Å². The van der Waals surface area contributed by atoms with E-state index in [0.717, 1.165) is 21.2 Å². The largest absolute Gasteiger partial charge is 0.332 e. The van der Waals surface area contributed by atoms with E-state index in [1.807, 2.05) is 25.1 Å². The van der Waals surface area contributed by atoms with Crippen molar-refractivity contribution < 1.29 is 8.91 Å². The number of aryl methyl sites for hydroxylation is 1. The van der Waals surface area contributed by atoms with Crippen LogP contribution in [0.1, 0.15) is 5.56 Å². The van der Waals surface area contributed by atoms with Crippen LogP contribution in [0.25, 0.3) is 39.9 Å². The third-order valence-electron chi connectivity index (χ3n) is 4.70. The summed E-state index contributed by atoms with van der Waals surface area (Å²) in [6, 6.07) is 15.8. The number of nitrogens with zero attached hydrogens (tertiary/aromatic N) is 6. The molecule has 31 heavy (non-hydrogen) atoms. The topological polar surface area (TPSA) is 82.5 Å². The van der Waals surface area contributed by atoms with Crippen molar-refractivity contribution in [2.45, 2.75) is 6.92 Å². The van der Waals surface area contributed by atoms with Crippen LogP contribution in [0.4, 0.5) is 4.39 Å². The van der Waals surface area contributed by atoms with Crippen molar-refractivity contribution in [3.05, 3.63) is 82.8 Å². The monoisotopic (exact) mass is 476 g/mol. The minimum Gasteiger partial charge on any atom is -0.332 e. The van der Waals surface area contributed by atoms with Crippen LogP contribution in [0.2, 0.25) is 0 Å². The summed E-state index contributed by atoms with van der Waals surface area (Å²) in [5.74, 6) is 0.161. The average Bonchev–Trinajstić information content (AvgIpc) is 3.44. The lowest BCUT2D eigenvalue weighted by Gasteiger charge is -2.08. The lowest BCUT2D eigenvalue weighted by molar-refractivity contribution is 0.431. The molecule has 3 heterocycles. The number of pyridine rings is 1. The normalized spacial score (nSPS) is 11.1. The van der Waals surface area contributed by atoms with Gasteiger partial charge in [0.15, 0.2) is 5.69 Å². The summed E-state index contributed by atoms with van der Waals surface area (Å²) in [6.07, 6.45) is 3.28. The van der Waals surface area contributed by atoms with Gasteiger partial charge < -0.3 is 4.52 Å². The molecule has 7 nitrogen and oxygen atoms in total. The lowest BCUT2D eigenvalue weighted by Crippen LogP contribution is -2.02. The standard InChI is InChI=1S/C22H14BrFN6O/c1-13-6-7-16(23)15(12-13)21-26-22(31-28-21)19-20(14-8-10-25-11-9-14)30(29-27-19)18-5-3-2-4-17(18)24/h2-12H,1H3. The van der Waals surface area contributed by atoms with Crippen molar-refractivity contribution in [1.29, 1.82) is 0 Å². The highest BCUT2D eigenvalue weighted by Gasteiger charge is 2.24. The fourth-order valence-electron chi connectivity index (χ4n) is 3.23. The first kappa shape index (κ1) is 19.3. The Hall–Kier alpha value is -3.72. The molecule has 5 aromatic rings. The minimum atomic E-state index is -0.427. The van der Waals surface area contributed by atoms with Crippen molar-refractivity contribution in [3.8, 4) is 39.9 Å². The fourth-order valence-corrected chi connectivity index (χ4v) is 3.65. The molecular formula is C22H14BrFN6O. The molecule has 3 aromatic heterocycles. The van der Waals surface area contributed by atoms with E-state index >= 15 is 0 Å². The summed E-state index contributed by atoms with van der Waals surface area (Å²) >= 11 is 3.52. The van der Waals surface area contributed by atoms with Gasteiger partial charge in [0.25, 0.3) is 5.89 Å². The van der Waals surface area contributed by atoms with Crippen molar-refractivity contribution in [2.24, 2.45) is 0 Å². The van der Waals surface area contributed by atoms with E-state index in [4.69, 9.17) is 4.52 Å². The van der Waals surface area contributed by atoms with Crippen LogP contribution in [0.3, 0.4) is 0 Å². The molecule has 0 N–H and O–H groups in total. The second-order valence-corrected chi connectivity index (χ2v) is 7.65. The van der Waals surface area contributed by atoms with Gasteiger partial charge in [0.1, 0.15) is 17.2 Å². The zero-order chi connectivity index (χ0) is 21.4. The van der Waals surface area contributed by atoms with Crippen LogP contribution in [-0.2, 0) is 0 Å². The summed E-state index contributed by atoms with van der Waals surface area (Å²) < 4.78 is 22.3. The van der Waals surface area contributed by atoms with E-state index in [1.54, 1.807) is 42.7 Å². The van der Waals surface area contributed by atoms with Crippen LogP contribution < -0.4 is 0 Å². The molecular weight excluding hydrogens is 463 g/mol. The van der Waals surface area contributed by atoms with Gasteiger partial charge in [0.05, 0.1) is 0 Å². The van der Waals surface area contributed by atoms with Gasteiger partial charge in [-0.1, -0.05) is 50.1 Å². The van der Waals surface area contributed by atoms with Crippen LogP contribution in [0.5, 0.6) is 0 Å². The zero-order valence-electron chi connectivity index (χ0n) is 16.2. The number of para-hydroxylation sites is 1. The zero-order valence-corrected chi connectivity index (χ0v) is 17.8. The van der Waals surface area contributed by atoms with Gasteiger partial charge in [-0.3, -0.25) is 4.98 Å². The molecule has 152 valence electrons. The van der Waals surface area contributed by atoms with Crippen LogP contribution >= 0.6 is 15.9 Å². The first-order valence-electron chi connectivity index (χ1n) is 9.33. The van der Waals surface area contributed by atoms with E-state index in [0.29, 0.717) is 17.2 Å². The first-order chi connectivity index (χ1) is 15.1. The number of hydrogen-bond acceptors (Lipinski definition) is 6. The van der Waals surface area contributed by atoms with Crippen molar-refractivity contribution in [1.82, 2.24) is 30.1 Å². The predicted octanol–water partition coefficient (Wildman–Crippen LogP) is 5.26. The average molecular weight is 477 g/mol. The summed E-state index contributed by atoms with van der Waals surface area (Å²) in [7, 11) is 0. The second kappa shape index (κ2) is 7.84. The Kier molecular flexibility index (Phi) is 4.87. The highest BCUT2D eigenvalue weighted by atomic mass is 79.9. The van der Waals surface area contributed by atoms with E-state index in [9.17, 15) is 4.39 Å².